The summed E-state index contributed by atoms with van der Waals surface area (Å²) in [6.07, 6.45) is 0.512. The normalized spacial score (nSPS) is 13.3. The van der Waals surface area contributed by atoms with Gasteiger partial charge in [-0.15, -0.1) is 0 Å². The van der Waals surface area contributed by atoms with Crippen LogP contribution in [0.5, 0.6) is 0 Å². The van der Waals surface area contributed by atoms with Crippen molar-refractivity contribution in [2.24, 2.45) is 5.92 Å². The van der Waals surface area contributed by atoms with Gasteiger partial charge in [0.1, 0.15) is 0 Å². The highest BCUT2D eigenvalue weighted by molar-refractivity contribution is 7.85. The quantitative estimate of drug-likeness (QED) is 0.900. The van der Waals surface area contributed by atoms with E-state index in [2.05, 4.69) is 5.32 Å². The maximum Gasteiger partial charge on any atom is 0.224 e. The van der Waals surface area contributed by atoms with Gasteiger partial charge in [-0.1, -0.05) is 26.0 Å². The number of rotatable bonds is 5. The van der Waals surface area contributed by atoms with Crippen LogP contribution in [0.15, 0.2) is 24.3 Å². The zero-order valence-corrected chi connectivity index (χ0v) is 13.8. The van der Waals surface area contributed by atoms with Crippen LogP contribution in [-0.2, 0) is 21.3 Å². The molecule has 0 aliphatic carbocycles. The van der Waals surface area contributed by atoms with Crippen LogP contribution < -0.4 is 5.32 Å². The van der Waals surface area contributed by atoms with E-state index in [1.165, 1.54) is 0 Å². The molecule has 0 fully saturated rings. The molecule has 3 nitrogen and oxygen atoms in total. The van der Waals surface area contributed by atoms with Crippen molar-refractivity contribution in [2.45, 2.75) is 51.5 Å². The van der Waals surface area contributed by atoms with E-state index in [0.29, 0.717) is 18.1 Å². The summed E-state index contributed by atoms with van der Waals surface area (Å²) in [5.41, 5.74) is 1.76. The van der Waals surface area contributed by atoms with E-state index in [4.69, 9.17) is 0 Å². The number of nitrogens with one attached hydrogen (secondary N) is 1. The van der Waals surface area contributed by atoms with Gasteiger partial charge in [0.25, 0.3) is 0 Å². The first kappa shape index (κ1) is 16.9. The maximum absolute atomic E-state index is 12.1. The minimum atomic E-state index is -0.931. The lowest BCUT2D eigenvalue weighted by Gasteiger charge is -2.18. The standard InChI is InChI=1S/C16H25NO2S/c1-12(2)9-15(18)17-14-8-6-7-13(10-14)11-20(19)16(3,4)5/h6-8,10,12H,9,11H2,1-5H3,(H,17,18). The van der Waals surface area contributed by atoms with Gasteiger partial charge in [0.15, 0.2) is 0 Å². The first-order valence-electron chi connectivity index (χ1n) is 6.96. The van der Waals surface area contributed by atoms with Gasteiger partial charge in [0, 0.05) is 33.4 Å². The molecule has 112 valence electrons. The monoisotopic (exact) mass is 295 g/mol. The highest BCUT2D eigenvalue weighted by Gasteiger charge is 2.19. The first-order chi connectivity index (χ1) is 9.18. The van der Waals surface area contributed by atoms with Crippen molar-refractivity contribution in [2.75, 3.05) is 5.32 Å². The Morgan fingerprint density at radius 1 is 1.30 bits per heavy atom. The summed E-state index contributed by atoms with van der Waals surface area (Å²) in [6, 6.07) is 7.60. The Balaban J connectivity index is 2.71. The number of hydrogen-bond acceptors (Lipinski definition) is 2. The average molecular weight is 295 g/mol. The Labute approximate surface area is 124 Å². The van der Waals surface area contributed by atoms with Crippen LogP contribution in [0, 0.1) is 5.92 Å². The molecular weight excluding hydrogens is 270 g/mol. The fourth-order valence-corrected chi connectivity index (χ4v) is 2.60. The molecule has 20 heavy (non-hydrogen) atoms. The summed E-state index contributed by atoms with van der Waals surface area (Å²) in [7, 11) is -0.931. The third kappa shape index (κ3) is 5.87. The molecule has 4 heteroatoms. The lowest BCUT2D eigenvalue weighted by molar-refractivity contribution is -0.116. The topological polar surface area (TPSA) is 46.2 Å². The van der Waals surface area contributed by atoms with E-state index in [0.717, 1.165) is 11.3 Å². The Kier molecular flexibility index (Phi) is 5.93. The van der Waals surface area contributed by atoms with Gasteiger partial charge in [-0.05, 0) is 44.4 Å². The second-order valence-electron chi connectivity index (χ2n) is 6.45. The van der Waals surface area contributed by atoms with E-state index in [-0.39, 0.29) is 10.7 Å². The fourth-order valence-electron chi connectivity index (χ4n) is 1.69. The van der Waals surface area contributed by atoms with Gasteiger partial charge in [-0.3, -0.25) is 9.00 Å². The predicted molar refractivity (Wildman–Crippen MR) is 86.1 cm³/mol. The molecule has 0 heterocycles. The molecule has 0 saturated carbocycles. The number of carbonyl (C=O) groups is 1. The third-order valence-corrected chi connectivity index (χ3v) is 4.75. The van der Waals surface area contributed by atoms with Crippen LogP contribution in [0.3, 0.4) is 0 Å². The van der Waals surface area contributed by atoms with Crippen molar-refractivity contribution < 1.29 is 9.00 Å². The average Bonchev–Trinajstić information content (AvgIpc) is 2.26. The molecule has 1 amide bonds. The second kappa shape index (κ2) is 7.02. The molecule has 1 rings (SSSR count). The Morgan fingerprint density at radius 3 is 2.50 bits per heavy atom. The summed E-state index contributed by atoms with van der Waals surface area (Å²) in [6.45, 7) is 9.94. The zero-order chi connectivity index (χ0) is 15.3. The van der Waals surface area contributed by atoms with E-state index >= 15 is 0 Å². The smallest absolute Gasteiger partial charge is 0.224 e. The molecule has 1 N–H and O–H groups in total. The van der Waals surface area contributed by atoms with Gasteiger partial charge < -0.3 is 5.32 Å². The van der Waals surface area contributed by atoms with Crippen molar-refractivity contribution in [1.82, 2.24) is 0 Å². The summed E-state index contributed by atoms with van der Waals surface area (Å²) in [5, 5.41) is 2.89. The predicted octanol–water partition coefficient (Wildman–Crippen LogP) is 3.72. The SMILES string of the molecule is CC(C)CC(=O)Nc1cccc(CS(=O)C(C)(C)C)c1. The van der Waals surface area contributed by atoms with Crippen LogP contribution in [0.4, 0.5) is 5.69 Å². The molecule has 0 spiro atoms. The van der Waals surface area contributed by atoms with Crippen molar-refractivity contribution >= 4 is 22.4 Å². The number of hydrogen-bond donors (Lipinski definition) is 1. The summed E-state index contributed by atoms with van der Waals surface area (Å²) in [4.78, 5) is 11.7. The summed E-state index contributed by atoms with van der Waals surface area (Å²) < 4.78 is 11.9. The van der Waals surface area contributed by atoms with Crippen LogP contribution in [0.2, 0.25) is 0 Å². The van der Waals surface area contributed by atoms with Gasteiger partial charge in [-0.2, -0.15) is 0 Å². The molecular formula is C16H25NO2S. The van der Waals surface area contributed by atoms with Crippen molar-refractivity contribution in [3.8, 4) is 0 Å². The van der Waals surface area contributed by atoms with Gasteiger partial charge in [0.2, 0.25) is 5.91 Å². The lowest BCUT2D eigenvalue weighted by Crippen LogP contribution is -2.23. The van der Waals surface area contributed by atoms with E-state index in [9.17, 15) is 9.00 Å². The molecule has 0 aliphatic heterocycles. The first-order valence-corrected chi connectivity index (χ1v) is 8.27. The Morgan fingerprint density at radius 2 is 1.95 bits per heavy atom. The second-order valence-corrected chi connectivity index (χ2v) is 8.65. The van der Waals surface area contributed by atoms with E-state index in [1.54, 1.807) is 0 Å². The number of anilines is 1. The van der Waals surface area contributed by atoms with Gasteiger partial charge >= 0.3 is 0 Å². The van der Waals surface area contributed by atoms with Crippen LogP contribution in [-0.4, -0.2) is 14.9 Å². The molecule has 0 saturated heterocycles. The van der Waals surface area contributed by atoms with Crippen LogP contribution >= 0.6 is 0 Å². The summed E-state index contributed by atoms with van der Waals surface area (Å²) in [5.74, 6) is 0.873. The van der Waals surface area contributed by atoms with Crippen LogP contribution in [0.1, 0.15) is 46.6 Å². The molecule has 0 radical (unpaired) electrons. The van der Waals surface area contributed by atoms with Crippen molar-refractivity contribution in [1.29, 1.82) is 0 Å². The van der Waals surface area contributed by atoms with Crippen LogP contribution in [0.25, 0.3) is 0 Å². The van der Waals surface area contributed by atoms with E-state index < -0.39 is 10.8 Å². The molecule has 1 unspecified atom stereocenters. The third-order valence-electron chi connectivity index (χ3n) is 2.79. The molecule has 1 atom stereocenters. The number of carbonyl (C=O) groups excluding carboxylic acids is 1. The van der Waals surface area contributed by atoms with Gasteiger partial charge in [0.05, 0.1) is 0 Å². The Hall–Kier alpha value is -1.16. The lowest BCUT2D eigenvalue weighted by atomic mass is 10.1. The van der Waals surface area contributed by atoms with Gasteiger partial charge in [-0.25, -0.2) is 0 Å². The highest BCUT2D eigenvalue weighted by atomic mass is 32.2. The largest absolute Gasteiger partial charge is 0.326 e. The minimum Gasteiger partial charge on any atom is -0.326 e. The molecule has 0 bridgehead atoms. The van der Waals surface area contributed by atoms with Crippen molar-refractivity contribution in [3.63, 3.8) is 0 Å². The highest BCUT2D eigenvalue weighted by Crippen LogP contribution is 2.19. The fraction of sp³-hybridized carbons (Fsp3) is 0.562. The molecule has 1 aromatic carbocycles. The molecule has 1 aromatic rings. The summed E-state index contributed by atoms with van der Waals surface area (Å²) >= 11 is 0. The molecule has 0 aliphatic rings. The number of benzene rings is 1. The Bertz CT molecular complexity index is 489. The zero-order valence-electron chi connectivity index (χ0n) is 13.0. The maximum atomic E-state index is 12.1. The van der Waals surface area contributed by atoms with E-state index in [1.807, 2.05) is 58.9 Å². The molecule has 0 aromatic heterocycles. The van der Waals surface area contributed by atoms with Crippen molar-refractivity contribution in [3.05, 3.63) is 29.8 Å². The minimum absolute atomic E-state index is 0.0223. The number of amides is 1.